The van der Waals surface area contributed by atoms with E-state index >= 15 is 0 Å². The van der Waals surface area contributed by atoms with Crippen LogP contribution in [0.25, 0.3) is 10.6 Å². The molecule has 0 aliphatic carbocycles. The van der Waals surface area contributed by atoms with Gasteiger partial charge < -0.3 is 15.5 Å². The Bertz CT molecular complexity index is 747. The van der Waals surface area contributed by atoms with Crippen LogP contribution in [0.1, 0.15) is 25.5 Å². The van der Waals surface area contributed by atoms with Crippen molar-refractivity contribution in [3.63, 3.8) is 0 Å². The lowest BCUT2D eigenvalue weighted by Crippen LogP contribution is -2.39. The normalized spacial score (nSPS) is 14.7. The summed E-state index contributed by atoms with van der Waals surface area (Å²) < 4.78 is 0. The van der Waals surface area contributed by atoms with Gasteiger partial charge in [0.15, 0.2) is 0 Å². The molecular weight excluding hydrogens is 374 g/mol. The van der Waals surface area contributed by atoms with Crippen molar-refractivity contribution in [2.75, 3.05) is 24.5 Å². The number of carboxylic acid groups (broad SMARTS) is 1. The Morgan fingerprint density at radius 2 is 2.12 bits per heavy atom. The molecule has 0 unspecified atom stereocenters. The first-order valence-electron chi connectivity index (χ1n) is 8.57. The fraction of sp³-hybridized carbons (Fsp3) is 0.444. The lowest BCUT2D eigenvalue weighted by atomic mass is 9.97. The number of thiazole rings is 1. The van der Waals surface area contributed by atoms with Gasteiger partial charge in [0.2, 0.25) is 0 Å². The highest BCUT2D eigenvalue weighted by Gasteiger charge is 2.25. The summed E-state index contributed by atoms with van der Waals surface area (Å²) in [5, 5.41) is 25.7. The van der Waals surface area contributed by atoms with Gasteiger partial charge in [0.25, 0.3) is 0 Å². The number of phenols is 1. The largest absolute Gasteiger partial charge is 0.508 e. The topological polar surface area (TPSA) is 85.7 Å². The molecular formula is C18H24ClN3O3S. The second kappa shape index (κ2) is 9.21. The van der Waals surface area contributed by atoms with Crippen LogP contribution in [0.3, 0.4) is 0 Å². The number of benzene rings is 1. The molecule has 1 aliphatic heterocycles. The van der Waals surface area contributed by atoms with E-state index in [0.717, 1.165) is 43.1 Å². The fourth-order valence-corrected chi connectivity index (χ4v) is 4.05. The molecule has 2 aromatic rings. The number of rotatable bonds is 5. The molecule has 3 N–H and O–H groups in total. The van der Waals surface area contributed by atoms with Gasteiger partial charge in [-0.1, -0.05) is 6.92 Å². The van der Waals surface area contributed by atoms with Crippen molar-refractivity contribution in [3.05, 3.63) is 29.3 Å². The van der Waals surface area contributed by atoms with Crippen LogP contribution in [0.4, 0.5) is 10.5 Å². The third-order valence-electron chi connectivity index (χ3n) is 4.55. The molecule has 1 fully saturated rings. The van der Waals surface area contributed by atoms with E-state index in [1.807, 2.05) is 12.3 Å². The van der Waals surface area contributed by atoms with Crippen molar-refractivity contribution in [1.82, 2.24) is 10.3 Å². The van der Waals surface area contributed by atoms with E-state index in [0.29, 0.717) is 23.7 Å². The smallest absolute Gasteiger partial charge is 0.411 e. The minimum Gasteiger partial charge on any atom is -0.508 e. The maximum atomic E-state index is 11.9. The number of nitrogens with one attached hydrogen (secondary N) is 1. The SMILES string of the molecule is CCc1csc(-c2cc(O)ccc2N(CC2CCNCC2)C(=O)O)n1.Cl. The van der Waals surface area contributed by atoms with E-state index in [4.69, 9.17) is 0 Å². The van der Waals surface area contributed by atoms with Crippen LogP contribution in [0.5, 0.6) is 5.75 Å². The molecule has 26 heavy (non-hydrogen) atoms. The van der Waals surface area contributed by atoms with Gasteiger partial charge in [-0.2, -0.15) is 0 Å². The van der Waals surface area contributed by atoms with Gasteiger partial charge in [0.05, 0.1) is 11.4 Å². The number of aromatic hydroxyl groups is 1. The van der Waals surface area contributed by atoms with Crippen molar-refractivity contribution >= 4 is 35.5 Å². The number of halogens is 1. The summed E-state index contributed by atoms with van der Waals surface area (Å²) in [6.45, 7) is 4.34. The van der Waals surface area contributed by atoms with Gasteiger partial charge in [0.1, 0.15) is 10.8 Å². The number of amides is 1. The van der Waals surface area contributed by atoms with E-state index in [2.05, 4.69) is 10.3 Å². The standard InChI is InChI=1S/C18H23N3O3S.ClH/c1-2-13-11-25-17(20-13)15-9-14(22)3-4-16(15)21(18(23)24)10-12-5-7-19-8-6-12;/h3-4,9,11-12,19,22H,2,5-8,10H2,1H3,(H,23,24);1H. The van der Waals surface area contributed by atoms with Crippen molar-refractivity contribution in [2.45, 2.75) is 26.2 Å². The van der Waals surface area contributed by atoms with Crippen LogP contribution in [-0.4, -0.2) is 40.9 Å². The van der Waals surface area contributed by atoms with Crippen molar-refractivity contribution < 1.29 is 15.0 Å². The summed E-state index contributed by atoms with van der Waals surface area (Å²) >= 11 is 1.47. The third kappa shape index (κ3) is 4.66. The highest BCUT2D eigenvalue weighted by molar-refractivity contribution is 7.13. The summed E-state index contributed by atoms with van der Waals surface area (Å²) in [6.07, 6.45) is 1.78. The molecule has 1 saturated heterocycles. The minimum absolute atomic E-state index is 0. The number of carbonyl (C=O) groups is 1. The molecule has 0 bridgehead atoms. The monoisotopic (exact) mass is 397 g/mol. The Labute approximate surface area is 163 Å². The molecule has 3 rings (SSSR count). The molecule has 1 aliphatic rings. The Morgan fingerprint density at radius 3 is 2.73 bits per heavy atom. The predicted octanol–water partition coefficient (Wildman–Crippen LogP) is 3.98. The number of phenolic OH excluding ortho intramolecular Hbond substituents is 1. The molecule has 1 amide bonds. The number of aromatic nitrogens is 1. The van der Waals surface area contributed by atoms with E-state index in [9.17, 15) is 15.0 Å². The van der Waals surface area contributed by atoms with Crippen LogP contribution < -0.4 is 10.2 Å². The zero-order valence-electron chi connectivity index (χ0n) is 14.6. The number of aryl methyl sites for hydroxylation is 1. The maximum absolute atomic E-state index is 11.9. The summed E-state index contributed by atoms with van der Waals surface area (Å²) in [6, 6.07) is 4.81. The zero-order chi connectivity index (χ0) is 17.8. The predicted molar refractivity (Wildman–Crippen MR) is 107 cm³/mol. The summed E-state index contributed by atoms with van der Waals surface area (Å²) in [7, 11) is 0. The lowest BCUT2D eigenvalue weighted by Gasteiger charge is -2.29. The van der Waals surface area contributed by atoms with Gasteiger partial charge in [-0.25, -0.2) is 9.78 Å². The zero-order valence-corrected chi connectivity index (χ0v) is 16.3. The number of anilines is 1. The van der Waals surface area contributed by atoms with Crippen LogP contribution in [-0.2, 0) is 6.42 Å². The summed E-state index contributed by atoms with van der Waals surface area (Å²) in [5.74, 6) is 0.445. The number of piperidine rings is 1. The highest BCUT2D eigenvalue weighted by Crippen LogP contribution is 2.36. The van der Waals surface area contributed by atoms with E-state index < -0.39 is 6.09 Å². The highest BCUT2D eigenvalue weighted by atomic mass is 35.5. The Kier molecular flexibility index (Phi) is 7.25. The van der Waals surface area contributed by atoms with E-state index in [1.54, 1.807) is 12.1 Å². The molecule has 0 radical (unpaired) electrons. The average Bonchev–Trinajstić information content (AvgIpc) is 3.10. The quantitative estimate of drug-likeness (QED) is 0.710. The van der Waals surface area contributed by atoms with Crippen LogP contribution in [0.2, 0.25) is 0 Å². The first kappa shape index (κ1) is 20.5. The molecule has 142 valence electrons. The summed E-state index contributed by atoms with van der Waals surface area (Å²) in [4.78, 5) is 17.9. The van der Waals surface area contributed by atoms with Crippen LogP contribution in [0, 0.1) is 5.92 Å². The minimum atomic E-state index is -0.974. The Hall–Kier alpha value is -1.83. The number of hydrogen-bond acceptors (Lipinski definition) is 5. The molecule has 8 heteroatoms. The molecule has 1 aromatic heterocycles. The van der Waals surface area contributed by atoms with Gasteiger partial charge in [-0.05, 0) is 56.5 Å². The molecule has 2 heterocycles. The fourth-order valence-electron chi connectivity index (χ4n) is 3.13. The third-order valence-corrected chi connectivity index (χ3v) is 5.47. The average molecular weight is 398 g/mol. The molecule has 6 nitrogen and oxygen atoms in total. The Morgan fingerprint density at radius 1 is 1.38 bits per heavy atom. The molecule has 0 spiro atoms. The van der Waals surface area contributed by atoms with E-state index in [-0.39, 0.29) is 18.2 Å². The first-order chi connectivity index (χ1) is 12.1. The van der Waals surface area contributed by atoms with Crippen molar-refractivity contribution in [3.8, 4) is 16.3 Å². The van der Waals surface area contributed by atoms with E-state index in [1.165, 1.54) is 22.3 Å². The molecule has 0 atom stereocenters. The summed E-state index contributed by atoms with van der Waals surface area (Å²) in [5.41, 5.74) is 2.22. The van der Waals surface area contributed by atoms with Gasteiger partial charge in [0, 0.05) is 17.5 Å². The number of hydrogen-bond donors (Lipinski definition) is 3. The van der Waals surface area contributed by atoms with Crippen molar-refractivity contribution in [1.29, 1.82) is 0 Å². The maximum Gasteiger partial charge on any atom is 0.411 e. The first-order valence-corrected chi connectivity index (χ1v) is 9.45. The van der Waals surface area contributed by atoms with Crippen molar-refractivity contribution in [2.24, 2.45) is 5.92 Å². The van der Waals surface area contributed by atoms with Crippen LogP contribution in [0.15, 0.2) is 23.6 Å². The lowest BCUT2D eigenvalue weighted by molar-refractivity contribution is 0.199. The van der Waals surface area contributed by atoms with Crippen LogP contribution >= 0.6 is 23.7 Å². The Balaban J connectivity index is 0.00000243. The second-order valence-electron chi connectivity index (χ2n) is 6.29. The molecule has 1 aromatic carbocycles. The number of nitrogens with zero attached hydrogens (tertiary/aromatic N) is 2. The van der Waals surface area contributed by atoms with Gasteiger partial charge >= 0.3 is 6.09 Å². The van der Waals surface area contributed by atoms with Gasteiger partial charge in [-0.15, -0.1) is 23.7 Å². The van der Waals surface area contributed by atoms with Gasteiger partial charge in [-0.3, -0.25) is 4.90 Å². The molecule has 0 saturated carbocycles. The second-order valence-corrected chi connectivity index (χ2v) is 7.14.